The van der Waals surface area contributed by atoms with Crippen molar-refractivity contribution >= 4 is 28.4 Å². The molecule has 6 heteroatoms. The van der Waals surface area contributed by atoms with Gasteiger partial charge in [0.15, 0.2) is 0 Å². The van der Waals surface area contributed by atoms with Crippen LogP contribution in [0.15, 0.2) is 91.0 Å². The Kier molecular flexibility index (Phi) is 6.95. The highest BCUT2D eigenvalue weighted by Gasteiger charge is 2.34. The molecule has 0 aliphatic rings. The molecule has 0 spiro atoms. The van der Waals surface area contributed by atoms with E-state index >= 15 is 0 Å². The molecule has 0 aliphatic carbocycles. The maximum atomic E-state index is 13.3. The summed E-state index contributed by atoms with van der Waals surface area (Å²) in [5.74, 6) is -1.09. The highest BCUT2D eigenvalue weighted by molar-refractivity contribution is 6.01. The monoisotopic (exact) mass is 448 g/mol. The fourth-order valence-electron chi connectivity index (χ4n) is 3.90. The van der Waals surface area contributed by atoms with E-state index in [-0.39, 0.29) is 11.7 Å². The van der Waals surface area contributed by atoms with Crippen LogP contribution in [0.3, 0.4) is 0 Å². The Bertz CT molecular complexity index is 1340. The number of rotatable bonds is 8. The number of carbonyl (C=O) groups excluding carboxylic acids is 2. The zero-order valence-electron chi connectivity index (χ0n) is 18.7. The predicted octanol–water partition coefficient (Wildman–Crippen LogP) is 4.78. The quantitative estimate of drug-likeness (QED) is 0.378. The summed E-state index contributed by atoms with van der Waals surface area (Å²) in [7, 11) is 0. The Balaban J connectivity index is 1.66. The molecule has 0 saturated heterocycles. The minimum atomic E-state index is -0.995. The summed E-state index contributed by atoms with van der Waals surface area (Å²) in [5, 5.41) is 16.4. The second-order valence-electron chi connectivity index (χ2n) is 8.04. The van der Waals surface area contributed by atoms with Gasteiger partial charge in [-0.25, -0.2) is 4.98 Å². The lowest BCUT2D eigenvalue weighted by molar-refractivity contribution is -0.133. The minimum absolute atomic E-state index is 0.270. The van der Waals surface area contributed by atoms with Gasteiger partial charge >= 0.3 is 0 Å². The number of nitrogens with zero attached hydrogens (tertiary/aromatic N) is 2. The van der Waals surface area contributed by atoms with Crippen LogP contribution < -0.4 is 10.6 Å². The van der Waals surface area contributed by atoms with E-state index in [4.69, 9.17) is 0 Å². The van der Waals surface area contributed by atoms with Crippen LogP contribution in [0.5, 0.6) is 0 Å². The fraction of sp³-hybridized carbons (Fsp3) is 0.143. The number of carbonyl (C=O) groups is 2. The second kappa shape index (κ2) is 10.4. The molecule has 1 aromatic heterocycles. The van der Waals surface area contributed by atoms with E-state index in [9.17, 15) is 14.9 Å². The van der Waals surface area contributed by atoms with Crippen molar-refractivity contribution in [1.82, 2.24) is 10.3 Å². The van der Waals surface area contributed by atoms with E-state index in [2.05, 4.69) is 21.7 Å². The zero-order valence-corrected chi connectivity index (χ0v) is 18.7. The van der Waals surface area contributed by atoms with Crippen LogP contribution in [0.2, 0.25) is 0 Å². The Labute approximate surface area is 198 Å². The lowest BCUT2D eigenvalue weighted by Gasteiger charge is -2.27. The van der Waals surface area contributed by atoms with Crippen molar-refractivity contribution < 1.29 is 9.59 Å². The first-order valence-electron chi connectivity index (χ1n) is 11.0. The first-order chi connectivity index (χ1) is 16.5. The Morgan fingerprint density at radius 1 is 0.912 bits per heavy atom. The van der Waals surface area contributed by atoms with Crippen LogP contribution in [0, 0.1) is 17.2 Å². The standard InChI is InChI=1S/C28H24N4O2/c1-19(33)26(28(34)30-18-21-7-3-2-4-8-21)27(23-13-11-20(17-29)12-14-23)32-25-16-15-22-9-5-6-10-24(22)31-25/h2-16,26-27H,18H2,1H3,(H,30,34)(H,31,32). The predicted molar refractivity (Wildman–Crippen MR) is 132 cm³/mol. The van der Waals surface area contributed by atoms with E-state index in [1.165, 1.54) is 6.92 Å². The number of aromatic nitrogens is 1. The second-order valence-corrected chi connectivity index (χ2v) is 8.04. The number of hydrogen-bond donors (Lipinski definition) is 2. The van der Waals surface area contributed by atoms with Crippen molar-refractivity contribution in [2.45, 2.75) is 19.5 Å². The maximum Gasteiger partial charge on any atom is 0.233 e. The number of fused-ring (bicyclic) bond motifs is 1. The van der Waals surface area contributed by atoms with Gasteiger partial charge in [-0.05, 0) is 48.4 Å². The van der Waals surface area contributed by atoms with Gasteiger partial charge in [-0.3, -0.25) is 9.59 Å². The normalized spacial score (nSPS) is 12.4. The molecule has 0 aliphatic heterocycles. The number of ketones is 1. The molecule has 2 unspecified atom stereocenters. The van der Waals surface area contributed by atoms with E-state index in [1.807, 2.05) is 66.7 Å². The molecule has 34 heavy (non-hydrogen) atoms. The molecule has 1 amide bonds. The largest absolute Gasteiger partial charge is 0.362 e. The summed E-state index contributed by atoms with van der Waals surface area (Å²) in [4.78, 5) is 30.7. The number of Topliss-reactive ketones (excluding diaryl/α,β-unsaturated/α-hetero) is 1. The number of benzene rings is 3. The van der Waals surface area contributed by atoms with E-state index in [1.54, 1.807) is 24.3 Å². The Hall–Kier alpha value is -4.50. The Morgan fingerprint density at radius 3 is 2.32 bits per heavy atom. The van der Waals surface area contributed by atoms with Crippen LogP contribution in [0.25, 0.3) is 10.9 Å². The summed E-state index contributed by atoms with van der Waals surface area (Å²) >= 11 is 0. The molecule has 0 fully saturated rings. The summed E-state index contributed by atoms with van der Waals surface area (Å²) < 4.78 is 0. The fourth-order valence-corrected chi connectivity index (χ4v) is 3.90. The lowest BCUT2D eigenvalue weighted by Crippen LogP contribution is -2.40. The van der Waals surface area contributed by atoms with Crippen molar-refractivity contribution in [2.75, 3.05) is 5.32 Å². The van der Waals surface area contributed by atoms with Crippen LogP contribution >= 0.6 is 0 Å². The third-order valence-electron chi connectivity index (χ3n) is 5.66. The summed E-state index contributed by atoms with van der Waals surface area (Å²) in [5.41, 5.74) is 2.96. The number of amides is 1. The summed E-state index contributed by atoms with van der Waals surface area (Å²) in [6.45, 7) is 1.73. The number of para-hydroxylation sites is 1. The first kappa shape index (κ1) is 22.7. The van der Waals surface area contributed by atoms with Crippen LogP contribution in [-0.4, -0.2) is 16.7 Å². The first-order valence-corrected chi connectivity index (χ1v) is 11.0. The van der Waals surface area contributed by atoms with Gasteiger partial charge in [0.1, 0.15) is 17.5 Å². The number of nitriles is 1. The molecule has 3 aromatic carbocycles. The van der Waals surface area contributed by atoms with Gasteiger partial charge in [-0.1, -0.05) is 60.7 Å². The number of nitrogens with one attached hydrogen (secondary N) is 2. The number of pyridine rings is 1. The Morgan fingerprint density at radius 2 is 1.62 bits per heavy atom. The lowest BCUT2D eigenvalue weighted by atomic mass is 9.88. The number of anilines is 1. The van der Waals surface area contributed by atoms with Crippen LogP contribution in [-0.2, 0) is 16.1 Å². The molecule has 1 heterocycles. The van der Waals surface area contributed by atoms with Crippen molar-refractivity contribution in [3.63, 3.8) is 0 Å². The molecule has 0 bridgehead atoms. The summed E-state index contributed by atoms with van der Waals surface area (Å²) in [6.07, 6.45) is 0. The maximum absolute atomic E-state index is 13.3. The van der Waals surface area contributed by atoms with Gasteiger partial charge in [0.05, 0.1) is 23.2 Å². The van der Waals surface area contributed by atoms with Crippen molar-refractivity contribution in [3.05, 3.63) is 108 Å². The SMILES string of the molecule is CC(=O)C(C(=O)NCc1ccccc1)C(Nc1ccc2ccccc2n1)c1ccc(C#N)cc1. The highest BCUT2D eigenvalue weighted by Crippen LogP contribution is 2.29. The van der Waals surface area contributed by atoms with E-state index in [0.29, 0.717) is 23.5 Å². The molecule has 2 N–H and O–H groups in total. The third kappa shape index (κ3) is 5.28. The van der Waals surface area contributed by atoms with Crippen LogP contribution in [0.1, 0.15) is 29.7 Å². The summed E-state index contributed by atoms with van der Waals surface area (Å²) in [6, 6.07) is 29.3. The molecular weight excluding hydrogens is 424 g/mol. The molecule has 168 valence electrons. The average molecular weight is 449 g/mol. The van der Waals surface area contributed by atoms with Gasteiger partial charge < -0.3 is 10.6 Å². The van der Waals surface area contributed by atoms with Crippen molar-refractivity contribution in [1.29, 1.82) is 5.26 Å². The molecule has 0 radical (unpaired) electrons. The topological polar surface area (TPSA) is 94.9 Å². The third-order valence-corrected chi connectivity index (χ3v) is 5.66. The van der Waals surface area contributed by atoms with Crippen molar-refractivity contribution in [3.8, 4) is 6.07 Å². The highest BCUT2D eigenvalue weighted by atomic mass is 16.2. The minimum Gasteiger partial charge on any atom is -0.362 e. The molecular formula is C28H24N4O2. The molecule has 4 rings (SSSR count). The van der Waals surface area contributed by atoms with E-state index in [0.717, 1.165) is 16.5 Å². The molecule has 6 nitrogen and oxygen atoms in total. The van der Waals surface area contributed by atoms with Gasteiger partial charge in [0, 0.05) is 11.9 Å². The van der Waals surface area contributed by atoms with Gasteiger partial charge in [-0.2, -0.15) is 5.26 Å². The molecule has 2 atom stereocenters. The molecule has 0 saturated carbocycles. The van der Waals surface area contributed by atoms with Gasteiger partial charge in [0.25, 0.3) is 0 Å². The van der Waals surface area contributed by atoms with Gasteiger partial charge in [0.2, 0.25) is 5.91 Å². The van der Waals surface area contributed by atoms with E-state index < -0.39 is 12.0 Å². The average Bonchev–Trinajstić information content (AvgIpc) is 2.87. The zero-order chi connectivity index (χ0) is 23.9. The molecule has 4 aromatic rings. The smallest absolute Gasteiger partial charge is 0.233 e. The number of hydrogen-bond acceptors (Lipinski definition) is 5. The van der Waals surface area contributed by atoms with Crippen LogP contribution in [0.4, 0.5) is 5.82 Å². The van der Waals surface area contributed by atoms with Crippen molar-refractivity contribution in [2.24, 2.45) is 5.92 Å². The van der Waals surface area contributed by atoms with Gasteiger partial charge in [-0.15, -0.1) is 0 Å².